The molecule has 0 aliphatic carbocycles. The van der Waals surface area contributed by atoms with Gasteiger partial charge in [0.1, 0.15) is 5.82 Å². The lowest BCUT2D eigenvalue weighted by molar-refractivity contribution is 0.0601. The highest BCUT2D eigenvalue weighted by atomic mass is 16.5. The lowest BCUT2D eigenvalue weighted by Gasteiger charge is -2.14. The fraction of sp³-hybridized carbons (Fsp3) is 0.353. The van der Waals surface area contributed by atoms with Crippen molar-refractivity contribution < 1.29 is 9.53 Å². The van der Waals surface area contributed by atoms with Gasteiger partial charge in [-0.1, -0.05) is 6.92 Å². The summed E-state index contributed by atoms with van der Waals surface area (Å²) < 4.78 is 4.68. The van der Waals surface area contributed by atoms with Crippen LogP contribution in [0, 0.1) is 6.92 Å². The van der Waals surface area contributed by atoms with Crippen LogP contribution in [0.5, 0.6) is 0 Å². The molecule has 0 saturated heterocycles. The molecule has 23 heavy (non-hydrogen) atoms. The molecular formula is C17H22N4O2. The molecule has 122 valence electrons. The van der Waals surface area contributed by atoms with Gasteiger partial charge in [-0.05, 0) is 44.5 Å². The van der Waals surface area contributed by atoms with E-state index in [-0.39, 0.29) is 5.97 Å². The smallest absolute Gasteiger partial charge is 0.337 e. The summed E-state index contributed by atoms with van der Waals surface area (Å²) in [5.74, 6) is 0.950. The van der Waals surface area contributed by atoms with E-state index < -0.39 is 0 Å². The average molecular weight is 314 g/mol. The Balaban J connectivity index is 2.14. The molecule has 2 aromatic rings. The fourth-order valence-corrected chi connectivity index (χ4v) is 1.99. The lowest BCUT2D eigenvalue weighted by atomic mass is 10.2. The van der Waals surface area contributed by atoms with Crippen LogP contribution in [-0.2, 0) is 4.74 Å². The molecule has 0 aliphatic rings. The Kier molecular flexibility index (Phi) is 5.51. The van der Waals surface area contributed by atoms with Gasteiger partial charge >= 0.3 is 5.97 Å². The predicted molar refractivity (Wildman–Crippen MR) is 91.2 cm³/mol. The van der Waals surface area contributed by atoms with E-state index in [0.29, 0.717) is 17.6 Å². The number of nitrogens with zero attached hydrogens (tertiary/aromatic N) is 2. The van der Waals surface area contributed by atoms with Crippen molar-refractivity contribution in [3.63, 3.8) is 0 Å². The van der Waals surface area contributed by atoms with Crippen molar-refractivity contribution in [3.8, 4) is 0 Å². The molecule has 6 heteroatoms. The number of hydrogen-bond donors (Lipinski definition) is 2. The maximum atomic E-state index is 11.4. The Morgan fingerprint density at radius 1 is 1.26 bits per heavy atom. The topological polar surface area (TPSA) is 76.1 Å². The minimum atomic E-state index is -0.358. The van der Waals surface area contributed by atoms with Crippen LogP contribution in [0.3, 0.4) is 0 Å². The molecule has 0 aliphatic heterocycles. The zero-order chi connectivity index (χ0) is 16.8. The highest BCUT2D eigenvalue weighted by Gasteiger charge is 2.07. The Morgan fingerprint density at radius 3 is 2.57 bits per heavy atom. The molecule has 2 rings (SSSR count). The summed E-state index contributed by atoms with van der Waals surface area (Å²) >= 11 is 0. The predicted octanol–water partition coefficient (Wildman–Crippen LogP) is 3.53. The summed E-state index contributed by atoms with van der Waals surface area (Å²) in [4.78, 5) is 20.3. The van der Waals surface area contributed by atoms with Crippen molar-refractivity contribution in [2.24, 2.45) is 0 Å². The van der Waals surface area contributed by atoms with Gasteiger partial charge in [-0.3, -0.25) is 0 Å². The van der Waals surface area contributed by atoms with Crippen LogP contribution in [0.15, 0.2) is 30.3 Å². The number of nitrogens with one attached hydrogen (secondary N) is 2. The maximum absolute atomic E-state index is 11.4. The second kappa shape index (κ2) is 7.58. The Labute approximate surface area is 136 Å². The third-order valence-electron chi connectivity index (χ3n) is 3.42. The number of rotatable bonds is 6. The minimum absolute atomic E-state index is 0.344. The van der Waals surface area contributed by atoms with Crippen molar-refractivity contribution >= 4 is 23.4 Å². The lowest BCUT2D eigenvalue weighted by Crippen LogP contribution is -2.15. The molecule has 0 saturated carbocycles. The zero-order valence-corrected chi connectivity index (χ0v) is 13.9. The van der Waals surface area contributed by atoms with E-state index in [1.807, 2.05) is 13.0 Å². The van der Waals surface area contributed by atoms with Gasteiger partial charge < -0.3 is 15.4 Å². The van der Waals surface area contributed by atoms with Gasteiger partial charge in [0, 0.05) is 23.5 Å². The first kappa shape index (κ1) is 16.7. The van der Waals surface area contributed by atoms with Gasteiger partial charge in [-0.25, -0.2) is 9.78 Å². The molecule has 0 bridgehead atoms. The first-order valence-corrected chi connectivity index (χ1v) is 7.59. The summed E-state index contributed by atoms with van der Waals surface area (Å²) in [5, 5.41) is 6.48. The normalized spacial score (nSPS) is 11.7. The summed E-state index contributed by atoms with van der Waals surface area (Å²) in [6.07, 6.45) is 1.01. The number of carbonyl (C=O) groups excluding carboxylic acids is 1. The summed E-state index contributed by atoms with van der Waals surface area (Å²) in [6, 6.07) is 9.23. The standard InChI is InChI=1S/C17H22N4O2/c1-5-11(2)18-15-10-12(3)19-17(21-15)20-14-8-6-13(7-9-14)16(22)23-4/h6-11H,5H2,1-4H3,(H2,18,19,20,21). The zero-order valence-electron chi connectivity index (χ0n) is 13.9. The summed E-state index contributed by atoms with van der Waals surface area (Å²) in [5.41, 5.74) is 2.18. The molecule has 1 atom stereocenters. The van der Waals surface area contributed by atoms with Gasteiger partial charge in [0.2, 0.25) is 5.95 Å². The van der Waals surface area contributed by atoms with Gasteiger partial charge in [0.05, 0.1) is 12.7 Å². The van der Waals surface area contributed by atoms with Gasteiger partial charge in [0.15, 0.2) is 0 Å². The third kappa shape index (κ3) is 4.67. The Hall–Kier alpha value is -2.63. The van der Waals surface area contributed by atoms with Crippen LogP contribution >= 0.6 is 0 Å². The van der Waals surface area contributed by atoms with E-state index in [0.717, 1.165) is 23.6 Å². The van der Waals surface area contributed by atoms with Crippen LogP contribution in [0.1, 0.15) is 36.3 Å². The van der Waals surface area contributed by atoms with E-state index in [1.165, 1.54) is 7.11 Å². The number of ether oxygens (including phenoxy) is 1. The molecule has 0 amide bonds. The number of esters is 1. The number of aryl methyl sites for hydroxylation is 1. The number of anilines is 3. The van der Waals surface area contributed by atoms with E-state index in [1.54, 1.807) is 24.3 Å². The first-order valence-electron chi connectivity index (χ1n) is 7.59. The molecule has 6 nitrogen and oxygen atoms in total. The van der Waals surface area contributed by atoms with Crippen LogP contribution in [0.25, 0.3) is 0 Å². The number of aromatic nitrogens is 2. The molecular weight excluding hydrogens is 292 g/mol. The molecule has 2 N–H and O–H groups in total. The quantitative estimate of drug-likeness (QED) is 0.794. The number of benzene rings is 1. The highest BCUT2D eigenvalue weighted by Crippen LogP contribution is 2.17. The van der Waals surface area contributed by atoms with Crippen molar-refractivity contribution in [1.29, 1.82) is 0 Å². The highest BCUT2D eigenvalue weighted by molar-refractivity contribution is 5.89. The van der Waals surface area contributed by atoms with Gasteiger partial charge in [-0.15, -0.1) is 0 Å². The van der Waals surface area contributed by atoms with Crippen LogP contribution in [0.2, 0.25) is 0 Å². The Bertz CT molecular complexity index is 671. The van der Waals surface area contributed by atoms with Gasteiger partial charge in [0.25, 0.3) is 0 Å². The van der Waals surface area contributed by atoms with E-state index in [4.69, 9.17) is 0 Å². The number of methoxy groups -OCH3 is 1. The molecule has 0 spiro atoms. The Morgan fingerprint density at radius 2 is 1.96 bits per heavy atom. The van der Waals surface area contributed by atoms with Crippen LogP contribution in [-0.4, -0.2) is 29.1 Å². The molecule has 1 aromatic heterocycles. The van der Waals surface area contributed by atoms with E-state index in [2.05, 4.69) is 39.2 Å². The third-order valence-corrected chi connectivity index (χ3v) is 3.42. The molecule has 0 fully saturated rings. The second-order valence-corrected chi connectivity index (χ2v) is 5.37. The van der Waals surface area contributed by atoms with Crippen molar-refractivity contribution in [2.75, 3.05) is 17.7 Å². The van der Waals surface area contributed by atoms with Crippen molar-refractivity contribution in [2.45, 2.75) is 33.2 Å². The van der Waals surface area contributed by atoms with Crippen molar-refractivity contribution in [1.82, 2.24) is 9.97 Å². The SMILES string of the molecule is CCC(C)Nc1cc(C)nc(Nc2ccc(C(=O)OC)cc2)n1. The number of carbonyl (C=O) groups is 1. The monoisotopic (exact) mass is 314 g/mol. The average Bonchev–Trinajstić information content (AvgIpc) is 2.54. The first-order chi connectivity index (χ1) is 11.0. The molecule has 0 radical (unpaired) electrons. The second-order valence-electron chi connectivity index (χ2n) is 5.37. The molecule has 1 unspecified atom stereocenters. The maximum Gasteiger partial charge on any atom is 0.337 e. The molecule has 1 aromatic carbocycles. The van der Waals surface area contributed by atoms with E-state index >= 15 is 0 Å². The minimum Gasteiger partial charge on any atom is -0.465 e. The van der Waals surface area contributed by atoms with Crippen molar-refractivity contribution in [3.05, 3.63) is 41.6 Å². The molecule has 1 heterocycles. The van der Waals surface area contributed by atoms with Crippen LogP contribution in [0.4, 0.5) is 17.5 Å². The fourth-order valence-electron chi connectivity index (χ4n) is 1.99. The largest absolute Gasteiger partial charge is 0.465 e. The van der Waals surface area contributed by atoms with Gasteiger partial charge in [-0.2, -0.15) is 4.98 Å². The van der Waals surface area contributed by atoms with Crippen LogP contribution < -0.4 is 10.6 Å². The number of hydrogen-bond acceptors (Lipinski definition) is 6. The summed E-state index contributed by atoms with van der Waals surface area (Å²) in [6.45, 7) is 6.15. The summed E-state index contributed by atoms with van der Waals surface area (Å²) in [7, 11) is 1.36. The van der Waals surface area contributed by atoms with E-state index in [9.17, 15) is 4.79 Å².